The largest absolute Gasteiger partial charge is 0.473 e. The second-order valence-corrected chi connectivity index (χ2v) is 4.86. The van der Waals surface area contributed by atoms with E-state index >= 15 is 0 Å². The van der Waals surface area contributed by atoms with Gasteiger partial charge >= 0.3 is 5.97 Å². The van der Waals surface area contributed by atoms with Gasteiger partial charge in [0.25, 0.3) is 5.90 Å². The molecule has 0 saturated heterocycles. The molecule has 4 nitrogen and oxygen atoms in total. The van der Waals surface area contributed by atoms with Crippen molar-refractivity contribution in [3.63, 3.8) is 0 Å². The molecule has 2 aromatic carbocycles. The van der Waals surface area contributed by atoms with Crippen LogP contribution in [0.15, 0.2) is 48.5 Å². The lowest BCUT2D eigenvalue weighted by Crippen LogP contribution is -2.19. The minimum absolute atomic E-state index is 0.109. The van der Waals surface area contributed by atoms with Crippen molar-refractivity contribution < 1.29 is 14.3 Å². The molecule has 0 unspecified atom stereocenters. The smallest absolute Gasteiger partial charge is 0.393 e. The number of hydrogen-bond donors (Lipinski definition) is 1. The molecular formula is C18H19NO3. The number of carbonyl (C=O) groups excluding carboxylic acids is 1. The van der Waals surface area contributed by atoms with Crippen molar-refractivity contribution in [2.45, 2.75) is 20.5 Å². The highest BCUT2D eigenvalue weighted by Gasteiger charge is 2.13. The Labute approximate surface area is 130 Å². The first-order chi connectivity index (χ1) is 10.6. The Bertz CT molecular complexity index is 662. The second kappa shape index (κ2) is 7.41. The predicted octanol–water partition coefficient (Wildman–Crippen LogP) is 3.72. The molecule has 0 aliphatic rings. The fourth-order valence-electron chi connectivity index (χ4n) is 2.07. The zero-order valence-corrected chi connectivity index (χ0v) is 12.8. The van der Waals surface area contributed by atoms with E-state index in [-0.39, 0.29) is 13.2 Å². The van der Waals surface area contributed by atoms with Crippen LogP contribution in [0.1, 0.15) is 18.1 Å². The highest BCUT2D eigenvalue weighted by molar-refractivity contribution is 6.31. The Morgan fingerprint density at radius 2 is 1.73 bits per heavy atom. The van der Waals surface area contributed by atoms with Crippen LogP contribution in [0.4, 0.5) is 0 Å². The number of esters is 1. The lowest BCUT2D eigenvalue weighted by Gasteiger charge is -2.11. The van der Waals surface area contributed by atoms with Crippen molar-refractivity contribution in [1.82, 2.24) is 0 Å². The Kier molecular flexibility index (Phi) is 5.31. The van der Waals surface area contributed by atoms with Crippen LogP contribution in [-0.4, -0.2) is 18.5 Å². The topological polar surface area (TPSA) is 59.4 Å². The highest BCUT2D eigenvalue weighted by Crippen LogP contribution is 2.24. The average Bonchev–Trinajstić information content (AvgIpc) is 2.54. The van der Waals surface area contributed by atoms with Crippen LogP contribution in [0.5, 0.6) is 0 Å². The van der Waals surface area contributed by atoms with Gasteiger partial charge in [0, 0.05) is 0 Å². The summed E-state index contributed by atoms with van der Waals surface area (Å²) in [5.74, 6) is -1.21. The Morgan fingerprint density at radius 3 is 2.41 bits per heavy atom. The maximum atomic E-state index is 11.6. The zero-order chi connectivity index (χ0) is 15.9. The summed E-state index contributed by atoms with van der Waals surface area (Å²) in [6.45, 7) is 4.14. The van der Waals surface area contributed by atoms with Crippen molar-refractivity contribution in [2.24, 2.45) is 0 Å². The van der Waals surface area contributed by atoms with Gasteiger partial charge in [0.1, 0.15) is 6.61 Å². The molecule has 0 spiro atoms. The molecule has 0 saturated carbocycles. The molecule has 2 aromatic rings. The maximum Gasteiger partial charge on any atom is 0.393 e. The number of rotatable bonds is 4. The molecule has 0 aliphatic carbocycles. The monoisotopic (exact) mass is 297 g/mol. The molecule has 114 valence electrons. The molecular weight excluding hydrogens is 278 g/mol. The Hall–Kier alpha value is -2.62. The molecule has 0 fully saturated rings. The first-order valence-electron chi connectivity index (χ1n) is 7.15. The van der Waals surface area contributed by atoms with Crippen LogP contribution >= 0.6 is 0 Å². The van der Waals surface area contributed by atoms with Crippen molar-refractivity contribution in [3.05, 3.63) is 59.7 Å². The first kappa shape index (κ1) is 15.8. The molecule has 0 amide bonds. The molecule has 0 aliphatic heterocycles. The molecule has 4 heteroatoms. The lowest BCUT2D eigenvalue weighted by molar-refractivity contribution is -0.138. The molecule has 0 bridgehead atoms. The summed E-state index contributed by atoms with van der Waals surface area (Å²) in [6, 6.07) is 15.9. The fourth-order valence-corrected chi connectivity index (χ4v) is 2.07. The summed E-state index contributed by atoms with van der Waals surface area (Å²) in [5.41, 5.74) is 4.16. The molecule has 0 heterocycles. The van der Waals surface area contributed by atoms with E-state index in [1.165, 1.54) is 5.56 Å². The first-order valence-corrected chi connectivity index (χ1v) is 7.15. The van der Waals surface area contributed by atoms with Gasteiger partial charge in [-0.15, -0.1) is 0 Å². The lowest BCUT2D eigenvalue weighted by atomic mass is 9.99. The minimum atomic E-state index is -0.749. The third-order valence-corrected chi connectivity index (χ3v) is 3.21. The van der Waals surface area contributed by atoms with Gasteiger partial charge in [-0.3, -0.25) is 5.41 Å². The maximum absolute atomic E-state index is 11.6. The fraction of sp³-hybridized carbons (Fsp3) is 0.222. The molecule has 0 radical (unpaired) electrons. The number of benzene rings is 2. The van der Waals surface area contributed by atoms with E-state index in [0.717, 1.165) is 16.7 Å². The van der Waals surface area contributed by atoms with Crippen LogP contribution in [-0.2, 0) is 20.9 Å². The quantitative estimate of drug-likeness (QED) is 0.531. The van der Waals surface area contributed by atoms with E-state index in [0.29, 0.717) is 0 Å². The zero-order valence-electron chi connectivity index (χ0n) is 12.8. The number of nitrogens with one attached hydrogen (secondary N) is 1. The van der Waals surface area contributed by atoms with Gasteiger partial charge in [-0.25, -0.2) is 4.79 Å². The van der Waals surface area contributed by atoms with Gasteiger partial charge in [-0.1, -0.05) is 54.1 Å². The van der Waals surface area contributed by atoms with Gasteiger partial charge in [0.05, 0.1) is 6.61 Å². The van der Waals surface area contributed by atoms with E-state index < -0.39 is 11.9 Å². The summed E-state index contributed by atoms with van der Waals surface area (Å²) < 4.78 is 9.97. The average molecular weight is 297 g/mol. The van der Waals surface area contributed by atoms with Crippen LogP contribution in [0.3, 0.4) is 0 Å². The van der Waals surface area contributed by atoms with E-state index in [2.05, 4.69) is 0 Å². The van der Waals surface area contributed by atoms with Crippen LogP contribution in [0.25, 0.3) is 11.1 Å². The molecule has 0 aromatic heterocycles. The highest BCUT2D eigenvalue weighted by atomic mass is 16.6. The summed E-state index contributed by atoms with van der Waals surface area (Å²) in [5, 5.41) is 7.41. The summed E-state index contributed by atoms with van der Waals surface area (Å²) in [7, 11) is 0. The number of aryl methyl sites for hydroxylation is 1. The summed E-state index contributed by atoms with van der Waals surface area (Å²) >= 11 is 0. The third-order valence-electron chi connectivity index (χ3n) is 3.21. The van der Waals surface area contributed by atoms with Crippen LogP contribution < -0.4 is 0 Å². The third kappa shape index (κ3) is 3.95. The molecule has 0 atom stereocenters. The Morgan fingerprint density at radius 1 is 1.05 bits per heavy atom. The SMILES string of the molecule is CCOC(=N)C(=O)OCc1ccccc1-c1ccc(C)cc1. The van der Waals surface area contributed by atoms with Gasteiger partial charge in [-0.05, 0) is 30.5 Å². The standard InChI is InChI=1S/C18H19NO3/c1-3-21-17(19)18(20)22-12-15-6-4-5-7-16(15)14-10-8-13(2)9-11-14/h4-11,19H,3,12H2,1-2H3. The van der Waals surface area contributed by atoms with Crippen molar-refractivity contribution in [2.75, 3.05) is 6.61 Å². The summed E-state index contributed by atoms with van der Waals surface area (Å²) in [4.78, 5) is 11.6. The van der Waals surface area contributed by atoms with Crippen molar-refractivity contribution in [3.8, 4) is 11.1 Å². The normalized spacial score (nSPS) is 10.1. The number of hydrogen-bond acceptors (Lipinski definition) is 4. The Balaban J connectivity index is 2.14. The second-order valence-electron chi connectivity index (χ2n) is 4.86. The van der Waals surface area contributed by atoms with Gasteiger partial charge in [0.15, 0.2) is 0 Å². The van der Waals surface area contributed by atoms with Gasteiger partial charge in [0.2, 0.25) is 0 Å². The van der Waals surface area contributed by atoms with Crippen molar-refractivity contribution >= 4 is 11.9 Å². The van der Waals surface area contributed by atoms with Crippen molar-refractivity contribution in [1.29, 1.82) is 5.41 Å². The molecule has 2 rings (SSSR count). The van der Waals surface area contributed by atoms with E-state index in [4.69, 9.17) is 14.9 Å². The van der Waals surface area contributed by atoms with Gasteiger partial charge in [-0.2, -0.15) is 0 Å². The summed E-state index contributed by atoms with van der Waals surface area (Å²) in [6.07, 6.45) is 0. The van der Waals surface area contributed by atoms with Crippen LogP contribution in [0.2, 0.25) is 0 Å². The number of carbonyl (C=O) groups is 1. The van der Waals surface area contributed by atoms with E-state index in [9.17, 15) is 4.79 Å². The van der Waals surface area contributed by atoms with Crippen LogP contribution in [0, 0.1) is 12.3 Å². The number of ether oxygens (including phenoxy) is 2. The van der Waals surface area contributed by atoms with E-state index in [1.54, 1.807) is 6.92 Å². The molecule has 22 heavy (non-hydrogen) atoms. The van der Waals surface area contributed by atoms with Gasteiger partial charge < -0.3 is 9.47 Å². The van der Waals surface area contributed by atoms with E-state index in [1.807, 2.05) is 55.5 Å². The molecule has 1 N–H and O–H groups in total. The minimum Gasteiger partial charge on any atom is -0.473 e. The predicted molar refractivity (Wildman–Crippen MR) is 85.8 cm³/mol.